The van der Waals surface area contributed by atoms with Gasteiger partial charge in [-0.2, -0.15) is 5.26 Å². The SMILES string of the molecule is N#Cc1ccc(-n2c3ccccc3c3c4c(ccc32)-c2ccccc2P4(=O)c2ccccc2)cc1. The molecule has 164 valence electrons. The molecule has 1 aromatic heterocycles. The van der Waals surface area contributed by atoms with E-state index in [2.05, 4.69) is 41.0 Å². The molecular weight excluding hydrogens is 447 g/mol. The van der Waals surface area contributed by atoms with E-state index >= 15 is 4.57 Å². The lowest BCUT2D eigenvalue weighted by Crippen LogP contribution is -2.21. The summed E-state index contributed by atoms with van der Waals surface area (Å²) in [6.45, 7) is 0. The number of rotatable bonds is 2. The molecule has 0 aliphatic carbocycles. The molecule has 0 spiro atoms. The van der Waals surface area contributed by atoms with Crippen molar-refractivity contribution < 1.29 is 4.57 Å². The third kappa shape index (κ3) is 2.63. The van der Waals surface area contributed by atoms with Crippen LogP contribution in [0.25, 0.3) is 38.6 Å². The van der Waals surface area contributed by atoms with Crippen molar-refractivity contribution in [1.82, 2.24) is 4.57 Å². The number of hydrogen-bond acceptors (Lipinski definition) is 2. The molecule has 1 aliphatic heterocycles. The van der Waals surface area contributed by atoms with Crippen LogP contribution in [0.3, 0.4) is 0 Å². The first kappa shape index (κ1) is 20.0. The molecule has 0 amide bonds. The Kier molecular flexibility index (Phi) is 4.18. The zero-order chi connectivity index (χ0) is 23.6. The predicted octanol–water partition coefficient (Wildman–Crippen LogP) is 6.28. The summed E-state index contributed by atoms with van der Waals surface area (Å²) < 4.78 is 17.5. The average Bonchev–Trinajstić information content (AvgIpc) is 3.40. The summed E-state index contributed by atoms with van der Waals surface area (Å²) >= 11 is 0. The van der Waals surface area contributed by atoms with Gasteiger partial charge in [-0.3, -0.25) is 0 Å². The van der Waals surface area contributed by atoms with Crippen molar-refractivity contribution in [1.29, 1.82) is 5.26 Å². The number of nitriles is 1. The van der Waals surface area contributed by atoms with Gasteiger partial charge in [0, 0.05) is 32.4 Å². The van der Waals surface area contributed by atoms with Gasteiger partial charge in [0.05, 0.1) is 22.7 Å². The fourth-order valence-electron chi connectivity index (χ4n) is 5.55. The van der Waals surface area contributed by atoms with E-state index in [1.165, 1.54) is 0 Å². The zero-order valence-corrected chi connectivity index (χ0v) is 19.6. The normalized spacial score (nSPS) is 16.2. The van der Waals surface area contributed by atoms with Crippen molar-refractivity contribution in [2.75, 3.05) is 0 Å². The smallest absolute Gasteiger partial charge is 0.172 e. The first-order valence-electron chi connectivity index (χ1n) is 11.5. The molecule has 0 saturated heterocycles. The van der Waals surface area contributed by atoms with Gasteiger partial charge in [0.15, 0.2) is 7.14 Å². The molecule has 7 rings (SSSR count). The summed E-state index contributed by atoms with van der Waals surface area (Å²) in [6, 6.07) is 40.4. The van der Waals surface area contributed by atoms with Gasteiger partial charge in [-0.25, -0.2) is 0 Å². The summed E-state index contributed by atoms with van der Waals surface area (Å²) in [5.41, 5.74) is 5.75. The van der Waals surface area contributed by atoms with Gasteiger partial charge in [0.25, 0.3) is 0 Å². The fourth-order valence-corrected chi connectivity index (χ4v) is 8.84. The molecule has 0 saturated carbocycles. The summed E-state index contributed by atoms with van der Waals surface area (Å²) in [5.74, 6) is 0. The number of aromatic nitrogens is 1. The molecule has 0 bridgehead atoms. The Morgan fingerprint density at radius 3 is 2.17 bits per heavy atom. The molecule has 35 heavy (non-hydrogen) atoms. The first-order valence-corrected chi connectivity index (χ1v) is 13.3. The van der Waals surface area contributed by atoms with Crippen molar-refractivity contribution in [3.05, 3.63) is 121 Å². The third-order valence-electron chi connectivity index (χ3n) is 7.03. The number of fused-ring (bicyclic) bond motifs is 7. The summed E-state index contributed by atoms with van der Waals surface area (Å²) in [5, 5.41) is 14.1. The molecule has 1 atom stereocenters. The first-order chi connectivity index (χ1) is 17.2. The van der Waals surface area contributed by atoms with Crippen molar-refractivity contribution in [2.45, 2.75) is 0 Å². The quantitative estimate of drug-likeness (QED) is 0.282. The fraction of sp³-hybridized carbons (Fsp3) is 0. The van der Waals surface area contributed by atoms with Crippen LogP contribution in [0.1, 0.15) is 5.56 Å². The van der Waals surface area contributed by atoms with E-state index in [4.69, 9.17) is 0 Å². The molecule has 0 radical (unpaired) electrons. The van der Waals surface area contributed by atoms with Crippen LogP contribution >= 0.6 is 7.14 Å². The highest BCUT2D eigenvalue weighted by molar-refractivity contribution is 7.86. The molecule has 0 fully saturated rings. The summed E-state index contributed by atoms with van der Waals surface area (Å²) in [4.78, 5) is 0. The van der Waals surface area contributed by atoms with Crippen LogP contribution in [0.2, 0.25) is 0 Å². The highest BCUT2D eigenvalue weighted by Crippen LogP contribution is 2.55. The molecule has 4 heteroatoms. The summed E-state index contributed by atoms with van der Waals surface area (Å²) in [6.07, 6.45) is 0. The Morgan fingerprint density at radius 1 is 0.657 bits per heavy atom. The van der Waals surface area contributed by atoms with E-state index in [1.54, 1.807) is 0 Å². The summed E-state index contributed by atoms with van der Waals surface area (Å²) in [7, 11) is -3.10. The minimum Gasteiger partial charge on any atom is -0.309 e. The number of para-hydroxylation sites is 1. The highest BCUT2D eigenvalue weighted by atomic mass is 31.2. The van der Waals surface area contributed by atoms with Gasteiger partial charge in [-0.1, -0.05) is 78.9 Å². The van der Waals surface area contributed by atoms with Crippen LogP contribution in [0.4, 0.5) is 0 Å². The van der Waals surface area contributed by atoms with Crippen LogP contribution < -0.4 is 15.9 Å². The van der Waals surface area contributed by atoms with E-state index < -0.39 is 7.14 Å². The average molecular weight is 466 g/mol. The van der Waals surface area contributed by atoms with E-state index in [0.29, 0.717) is 5.56 Å². The molecule has 6 aromatic rings. The third-order valence-corrected chi connectivity index (χ3v) is 10.2. The Morgan fingerprint density at radius 2 is 1.37 bits per heavy atom. The highest BCUT2D eigenvalue weighted by Gasteiger charge is 2.42. The number of hydrogen-bond donors (Lipinski definition) is 0. The van der Waals surface area contributed by atoms with Crippen molar-refractivity contribution in [3.8, 4) is 22.9 Å². The van der Waals surface area contributed by atoms with E-state index in [-0.39, 0.29) is 0 Å². The molecule has 3 nitrogen and oxygen atoms in total. The van der Waals surface area contributed by atoms with Gasteiger partial charge < -0.3 is 9.13 Å². The Bertz CT molecular complexity index is 1880. The molecular formula is C31H19N2OP. The Labute approximate surface area is 202 Å². The van der Waals surface area contributed by atoms with Crippen LogP contribution in [0.15, 0.2) is 115 Å². The van der Waals surface area contributed by atoms with Gasteiger partial charge in [0.2, 0.25) is 0 Å². The monoisotopic (exact) mass is 466 g/mol. The zero-order valence-electron chi connectivity index (χ0n) is 18.7. The van der Waals surface area contributed by atoms with Crippen LogP contribution in [0, 0.1) is 11.3 Å². The lowest BCUT2D eigenvalue weighted by Gasteiger charge is -2.17. The lowest BCUT2D eigenvalue weighted by atomic mass is 10.0. The van der Waals surface area contributed by atoms with E-state index in [1.807, 2.05) is 84.9 Å². The largest absolute Gasteiger partial charge is 0.309 e. The minimum absolute atomic E-state index is 0.624. The van der Waals surface area contributed by atoms with Gasteiger partial charge >= 0.3 is 0 Å². The van der Waals surface area contributed by atoms with Crippen LogP contribution in [0.5, 0.6) is 0 Å². The maximum absolute atomic E-state index is 15.3. The number of nitrogens with zero attached hydrogens (tertiary/aromatic N) is 2. The van der Waals surface area contributed by atoms with E-state index in [0.717, 1.165) is 54.5 Å². The maximum atomic E-state index is 15.3. The topological polar surface area (TPSA) is 45.8 Å². The van der Waals surface area contributed by atoms with Gasteiger partial charge in [-0.15, -0.1) is 0 Å². The molecule has 0 N–H and O–H groups in total. The Hall–Kier alpha value is -4.38. The minimum atomic E-state index is -3.10. The van der Waals surface area contributed by atoms with Crippen LogP contribution in [-0.2, 0) is 4.57 Å². The van der Waals surface area contributed by atoms with Crippen LogP contribution in [-0.4, -0.2) is 4.57 Å². The van der Waals surface area contributed by atoms with Crippen molar-refractivity contribution in [3.63, 3.8) is 0 Å². The molecule has 2 heterocycles. The molecule has 5 aromatic carbocycles. The standard InChI is InChI=1S/C31H19N2OP/c32-20-21-14-16-22(17-15-21)33-27-12-6-4-11-26(27)30-28(33)19-18-25-24-10-5-7-13-29(24)35(34,31(25)30)23-8-2-1-3-9-23/h1-19H. The van der Waals surface area contributed by atoms with Gasteiger partial charge in [-0.05, 0) is 47.5 Å². The number of benzene rings is 5. The van der Waals surface area contributed by atoms with Gasteiger partial charge in [0.1, 0.15) is 0 Å². The molecule has 1 aliphatic rings. The molecule has 1 unspecified atom stereocenters. The van der Waals surface area contributed by atoms with E-state index in [9.17, 15) is 5.26 Å². The van der Waals surface area contributed by atoms with Crippen molar-refractivity contribution in [2.24, 2.45) is 0 Å². The second-order valence-electron chi connectivity index (χ2n) is 8.83. The second-order valence-corrected chi connectivity index (χ2v) is 11.5. The lowest BCUT2D eigenvalue weighted by molar-refractivity contribution is 0.593. The maximum Gasteiger partial charge on any atom is 0.172 e. The Balaban J connectivity index is 1.66. The van der Waals surface area contributed by atoms with Crippen molar-refractivity contribution >= 4 is 44.9 Å². The second kappa shape index (κ2) is 7.31. The predicted molar refractivity (Wildman–Crippen MR) is 144 cm³/mol.